The van der Waals surface area contributed by atoms with E-state index in [1.165, 1.54) is 0 Å². The summed E-state index contributed by atoms with van der Waals surface area (Å²) in [7, 11) is 1.64. The predicted molar refractivity (Wildman–Crippen MR) is 94.6 cm³/mol. The first-order valence-electron chi connectivity index (χ1n) is 7.15. The van der Waals surface area contributed by atoms with E-state index in [2.05, 4.69) is 18.8 Å². The molecule has 2 atom stereocenters. The molecule has 0 aliphatic carbocycles. The number of aliphatic hydroxyl groups is 1. The van der Waals surface area contributed by atoms with Crippen LogP contribution in [-0.2, 0) is 0 Å². The normalized spacial score (nSPS) is 13.9. The molecule has 2 rings (SSSR count). The number of methoxy groups -OCH3 is 1. The number of aromatic nitrogens is 1. The Morgan fingerprint density at radius 2 is 1.82 bits per heavy atom. The minimum Gasteiger partial charge on any atom is -0.497 e. The second-order valence-corrected chi connectivity index (χ2v) is 8.24. The minimum atomic E-state index is -0.565. The smallest absolute Gasteiger partial charge is 0.118 e. The molecule has 0 fully saturated rings. The molecule has 0 aliphatic heterocycles. The number of thioether (sulfide) groups is 2. The topological polar surface area (TPSA) is 42.4 Å². The highest BCUT2D eigenvalue weighted by Crippen LogP contribution is 2.40. The highest BCUT2D eigenvalue weighted by Gasteiger charge is 2.24. The van der Waals surface area contributed by atoms with E-state index in [1.54, 1.807) is 36.8 Å². The molecule has 0 aliphatic rings. The first-order valence-corrected chi connectivity index (χ1v) is 8.97. The molecule has 3 nitrogen and oxygen atoms in total. The monoisotopic (exact) mass is 335 g/mol. The molecule has 0 unspecified atom stereocenters. The number of hydrogen-bond acceptors (Lipinski definition) is 5. The molecule has 1 aromatic carbocycles. The van der Waals surface area contributed by atoms with E-state index >= 15 is 0 Å². The zero-order chi connectivity index (χ0) is 15.9. The Morgan fingerprint density at radius 3 is 2.36 bits per heavy atom. The van der Waals surface area contributed by atoms with Crippen molar-refractivity contribution in [2.75, 3.05) is 7.11 Å². The van der Waals surface area contributed by atoms with Gasteiger partial charge in [0, 0.05) is 11.4 Å². The summed E-state index contributed by atoms with van der Waals surface area (Å²) >= 11 is 3.35. The molecule has 1 aromatic heterocycles. The predicted octanol–water partition coefficient (Wildman–Crippen LogP) is 4.38. The lowest BCUT2D eigenvalue weighted by atomic mass is 10.1. The summed E-state index contributed by atoms with van der Waals surface area (Å²) < 4.78 is 5.16. The quantitative estimate of drug-likeness (QED) is 0.600. The van der Waals surface area contributed by atoms with Gasteiger partial charge in [-0.1, -0.05) is 43.8 Å². The van der Waals surface area contributed by atoms with Crippen LogP contribution in [0.4, 0.5) is 0 Å². The van der Waals surface area contributed by atoms with Gasteiger partial charge in [-0.15, -0.1) is 11.8 Å². The van der Waals surface area contributed by atoms with Crippen molar-refractivity contribution in [1.29, 1.82) is 0 Å². The SMILES string of the molecule is COc1ccc([C@H](O)[C@H](Sc2ccccn2)SC(C)C)cc1. The third-order valence-corrected chi connectivity index (χ3v) is 5.66. The van der Waals surface area contributed by atoms with Crippen LogP contribution in [0.5, 0.6) is 5.75 Å². The molecule has 22 heavy (non-hydrogen) atoms. The van der Waals surface area contributed by atoms with E-state index in [1.807, 2.05) is 42.5 Å². The van der Waals surface area contributed by atoms with Gasteiger partial charge >= 0.3 is 0 Å². The van der Waals surface area contributed by atoms with Crippen LogP contribution in [-0.4, -0.2) is 27.0 Å². The highest BCUT2D eigenvalue weighted by atomic mass is 32.2. The van der Waals surface area contributed by atoms with Gasteiger partial charge in [-0.2, -0.15) is 0 Å². The first-order chi connectivity index (χ1) is 10.6. The summed E-state index contributed by atoms with van der Waals surface area (Å²) in [5.74, 6) is 0.793. The zero-order valence-corrected chi connectivity index (χ0v) is 14.6. The summed E-state index contributed by atoms with van der Waals surface area (Å²) in [4.78, 5) is 4.35. The van der Waals surface area contributed by atoms with Gasteiger partial charge < -0.3 is 9.84 Å². The number of benzene rings is 1. The van der Waals surface area contributed by atoms with E-state index in [0.717, 1.165) is 16.3 Å². The summed E-state index contributed by atoms with van der Waals surface area (Å²) in [5.41, 5.74) is 0.891. The van der Waals surface area contributed by atoms with Crippen LogP contribution in [0.3, 0.4) is 0 Å². The second kappa shape index (κ2) is 8.46. The van der Waals surface area contributed by atoms with Gasteiger partial charge in [0.1, 0.15) is 11.9 Å². The maximum atomic E-state index is 10.7. The molecule has 0 radical (unpaired) electrons. The average molecular weight is 335 g/mol. The van der Waals surface area contributed by atoms with Gasteiger partial charge in [-0.25, -0.2) is 4.98 Å². The highest BCUT2D eigenvalue weighted by molar-refractivity contribution is 8.17. The van der Waals surface area contributed by atoms with Crippen LogP contribution in [0.15, 0.2) is 53.7 Å². The van der Waals surface area contributed by atoms with Crippen molar-refractivity contribution in [3.8, 4) is 5.75 Å². The molecular weight excluding hydrogens is 314 g/mol. The van der Waals surface area contributed by atoms with Crippen LogP contribution in [0.1, 0.15) is 25.5 Å². The number of nitrogens with zero attached hydrogens (tertiary/aromatic N) is 1. The largest absolute Gasteiger partial charge is 0.497 e. The van der Waals surface area contributed by atoms with Crippen molar-refractivity contribution in [3.05, 3.63) is 54.2 Å². The average Bonchev–Trinajstić information content (AvgIpc) is 2.54. The Kier molecular flexibility index (Phi) is 6.61. The van der Waals surface area contributed by atoms with E-state index in [-0.39, 0.29) is 4.58 Å². The Bertz CT molecular complexity index is 561. The minimum absolute atomic E-state index is 0.0108. The van der Waals surface area contributed by atoms with Crippen LogP contribution in [0.25, 0.3) is 0 Å². The van der Waals surface area contributed by atoms with Crippen molar-refractivity contribution in [1.82, 2.24) is 4.98 Å². The lowest BCUT2D eigenvalue weighted by Gasteiger charge is -2.24. The molecule has 1 heterocycles. The van der Waals surface area contributed by atoms with Crippen LogP contribution >= 0.6 is 23.5 Å². The Labute approximate surface area is 140 Å². The lowest BCUT2D eigenvalue weighted by molar-refractivity contribution is 0.196. The summed E-state index contributed by atoms with van der Waals surface area (Å²) in [5, 5.41) is 12.1. The molecule has 0 saturated heterocycles. The molecule has 0 saturated carbocycles. The van der Waals surface area contributed by atoms with E-state index in [0.29, 0.717) is 5.25 Å². The molecule has 5 heteroatoms. The molecule has 2 aromatic rings. The second-order valence-electron chi connectivity index (χ2n) is 5.06. The van der Waals surface area contributed by atoms with Gasteiger partial charge in [0.15, 0.2) is 0 Å². The van der Waals surface area contributed by atoms with Gasteiger partial charge in [-0.05, 0) is 29.8 Å². The number of aliphatic hydroxyl groups excluding tert-OH is 1. The Balaban J connectivity index is 2.15. The maximum Gasteiger partial charge on any atom is 0.118 e. The van der Waals surface area contributed by atoms with E-state index in [4.69, 9.17) is 4.74 Å². The number of ether oxygens (including phenoxy) is 1. The van der Waals surface area contributed by atoms with Crippen molar-refractivity contribution < 1.29 is 9.84 Å². The van der Waals surface area contributed by atoms with Gasteiger partial charge in [-0.3, -0.25) is 0 Å². The van der Waals surface area contributed by atoms with Crippen molar-refractivity contribution in [3.63, 3.8) is 0 Å². The van der Waals surface area contributed by atoms with Crippen LogP contribution < -0.4 is 4.74 Å². The van der Waals surface area contributed by atoms with Crippen LogP contribution in [0.2, 0.25) is 0 Å². The Morgan fingerprint density at radius 1 is 1.09 bits per heavy atom. The third-order valence-electron chi connectivity index (χ3n) is 3.00. The molecule has 0 amide bonds. The fourth-order valence-corrected chi connectivity index (χ4v) is 4.76. The summed E-state index contributed by atoms with van der Waals surface area (Å²) in [6.45, 7) is 4.27. The van der Waals surface area contributed by atoms with Crippen molar-refractivity contribution in [2.24, 2.45) is 0 Å². The van der Waals surface area contributed by atoms with E-state index < -0.39 is 6.10 Å². The van der Waals surface area contributed by atoms with Crippen molar-refractivity contribution in [2.45, 2.75) is 34.8 Å². The van der Waals surface area contributed by atoms with Gasteiger partial charge in [0.2, 0.25) is 0 Å². The number of rotatable bonds is 7. The maximum absolute atomic E-state index is 10.7. The lowest BCUT2D eigenvalue weighted by Crippen LogP contribution is -2.14. The number of pyridine rings is 1. The zero-order valence-electron chi connectivity index (χ0n) is 13.0. The molecule has 0 bridgehead atoms. The Hall–Kier alpha value is -1.17. The number of hydrogen-bond donors (Lipinski definition) is 1. The molecule has 118 valence electrons. The fourth-order valence-electron chi connectivity index (χ4n) is 1.93. The van der Waals surface area contributed by atoms with Gasteiger partial charge in [0.25, 0.3) is 0 Å². The van der Waals surface area contributed by atoms with Crippen molar-refractivity contribution >= 4 is 23.5 Å². The van der Waals surface area contributed by atoms with Gasteiger partial charge in [0.05, 0.1) is 16.7 Å². The molecule has 0 spiro atoms. The first kappa shape index (κ1) is 17.2. The van der Waals surface area contributed by atoms with Crippen LogP contribution in [0, 0.1) is 0 Å². The fraction of sp³-hybridized carbons (Fsp3) is 0.353. The molecule has 1 N–H and O–H groups in total. The summed E-state index contributed by atoms with van der Waals surface area (Å²) in [6, 6.07) is 13.4. The standard InChI is InChI=1S/C17H21NO2S2/c1-12(2)21-17(22-15-6-4-5-11-18-15)16(19)13-7-9-14(20-3)10-8-13/h4-12,16-17,19H,1-3H3/t16-,17-/m0/s1. The molecular formula is C17H21NO2S2. The third kappa shape index (κ3) is 4.93. The van der Waals surface area contributed by atoms with E-state index in [9.17, 15) is 5.11 Å². The summed E-state index contributed by atoms with van der Waals surface area (Å²) in [6.07, 6.45) is 1.21.